The highest BCUT2D eigenvalue weighted by Crippen LogP contribution is 2.60. The number of hydrogen-bond acceptors (Lipinski definition) is 4. The molecule has 4 rings (SSSR count). The molecule has 4 unspecified atom stereocenters. The highest BCUT2D eigenvalue weighted by atomic mass is 16.6. The zero-order valence-corrected chi connectivity index (χ0v) is 8.56. The first-order valence-corrected chi connectivity index (χ1v) is 5.45. The van der Waals surface area contributed by atoms with E-state index in [1.807, 2.05) is 6.08 Å². The molecule has 4 aliphatic rings. The summed E-state index contributed by atoms with van der Waals surface area (Å²) in [4.78, 5) is 23.0. The Morgan fingerprint density at radius 2 is 2.19 bits per heavy atom. The fraction of sp³-hybridized carbons (Fsp3) is 0.500. The molecular weight excluding hydrogens is 208 g/mol. The van der Waals surface area contributed by atoms with E-state index < -0.39 is 5.60 Å². The highest BCUT2D eigenvalue weighted by molar-refractivity contribution is 5.95. The van der Waals surface area contributed by atoms with Crippen LogP contribution in [0.2, 0.25) is 0 Å². The third kappa shape index (κ3) is 0.691. The predicted molar refractivity (Wildman–Crippen MR) is 52.1 cm³/mol. The number of hydrogen-bond donors (Lipinski definition) is 0. The smallest absolute Gasteiger partial charge is 0.334 e. The summed E-state index contributed by atoms with van der Waals surface area (Å²) in [5.74, 6) is -0.309. The van der Waals surface area contributed by atoms with Gasteiger partial charge in [0.15, 0.2) is 5.60 Å². The molecule has 1 spiro atoms. The Balaban J connectivity index is 1.85. The maximum Gasteiger partial charge on any atom is 0.334 e. The lowest BCUT2D eigenvalue weighted by Gasteiger charge is -2.32. The van der Waals surface area contributed by atoms with Crippen LogP contribution in [0.1, 0.15) is 12.8 Å². The Labute approximate surface area is 91.9 Å². The zero-order valence-electron chi connectivity index (χ0n) is 8.56. The quantitative estimate of drug-likeness (QED) is 0.444. The Morgan fingerprint density at radius 1 is 1.38 bits per heavy atom. The molecule has 2 aliphatic heterocycles. The summed E-state index contributed by atoms with van der Waals surface area (Å²) in [5, 5.41) is 0. The average Bonchev–Trinajstić information content (AvgIpc) is 2.87. The van der Waals surface area contributed by atoms with Gasteiger partial charge in [-0.05, 0) is 6.42 Å². The van der Waals surface area contributed by atoms with E-state index in [1.54, 1.807) is 0 Å². The van der Waals surface area contributed by atoms with E-state index in [1.165, 1.54) is 0 Å². The second-order valence-electron chi connectivity index (χ2n) is 5.02. The molecule has 4 nitrogen and oxygen atoms in total. The van der Waals surface area contributed by atoms with E-state index >= 15 is 0 Å². The van der Waals surface area contributed by atoms with Crippen molar-refractivity contribution < 1.29 is 19.1 Å². The maximum atomic E-state index is 11.5. The van der Waals surface area contributed by atoms with Crippen molar-refractivity contribution in [3.63, 3.8) is 0 Å². The van der Waals surface area contributed by atoms with Crippen LogP contribution in [0, 0.1) is 11.8 Å². The summed E-state index contributed by atoms with van der Waals surface area (Å²) < 4.78 is 10.8. The molecule has 2 bridgehead atoms. The largest absolute Gasteiger partial charge is 0.454 e. The van der Waals surface area contributed by atoms with Gasteiger partial charge in [-0.3, -0.25) is 0 Å². The van der Waals surface area contributed by atoms with Crippen molar-refractivity contribution in [1.29, 1.82) is 0 Å². The lowest BCUT2D eigenvalue weighted by Crippen LogP contribution is -2.44. The Hall–Kier alpha value is -1.58. The minimum absolute atomic E-state index is 0.132. The molecule has 16 heavy (non-hydrogen) atoms. The van der Waals surface area contributed by atoms with Gasteiger partial charge in [0.1, 0.15) is 6.10 Å². The SMILES string of the molecule is C=C1CC2(OC1=O)C1C=C3C(=O)OC2C3C1. The first-order chi connectivity index (χ1) is 7.62. The summed E-state index contributed by atoms with van der Waals surface area (Å²) in [7, 11) is 0. The van der Waals surface area contributed by atoms with E-state index in [2.05, 4.69) is 6.58 Å². The van der Waals surface area contributed by atoms with Gasteiger partial charge in [-0.25, -0.2) is 9.59 Å². The van der Waals surface area contributed by atoms with Crippen molar-refractivity contribution in [2.24, 2.45) is 11.8 Å². The van der Waals surface area contributed by atoms with Crippen LogP contribution in [-0.4, -0.2) is 23.6 Å². The normalized spacial score (nSPS) is 47.6. The topological polar surface area (TPSA) is 52.6 Å². The van der Waals surface area contributed by atoms with Crippen LogP contribution in [0.5, 0.6) is 0 Å². The Morgan fingerprint density at radius 3 is 2.88 bits per heavy atom. The molecule has 4 atom stereocenters. The third-order valence-corrected chi connectivity index (χ3v) is 4.29. The van der Waals surface area contributed by atoms with Gasteiger partial charge in [0, 0.05) is 29.4 Å². The average molecular weight is 218 g/mol. The van der Waals surface area contributed by atoms with Gasteiger partial charge in [0.25, 0.3) is 0 Å². The van der Waals surface area contributed by atoms with Crippen molar-refractivity contribution in [2.45, 2.75) is 24.5 Å². The first kappa shape index (κ1) is 8.56. The number of carbonyl (C=O) groups excluding carboxylic acids is 2. The van der Waals surface area contributed by atoms with Crippen LogP contribution >= 0.6 is 0 Å². The molecule has 2 aliphatic carbocycles. The molecule has 2 saturated heterocycles. The lowest BCUT2D eigenvalue weighted by atomic mass is 9.81. The first-order valence-electron chi connectivity index (χ1n) is 5.45. The van der Waals surface area contributed by atoms with Crippen LogP contribution in [0.3, 0.4) is 0 Å². The summed E-state index contributed by atoms with van der Waals surface area (Å²) in [6, 6.07) is 0. The van der Waals surface area contributed by atoms with E-state index in [9.17, 15) is 9.59 Å². The summed E-state index contributed by atoms with van der Waals surface area (Å²) in [6.45, 7) is 3.70. The van der Waals surface area contributed by atoms with E-state index in [4.69, 9.17) is 9.47 Å². The van der Waals surface area contributed by atoms with E-state index in [0.29, 0.717) is 12.0 Å². The minimum atomic E-state index is -0.630. The fourth-order valence-electron chi connectivity index (χ4n) is 3.62. The van der Waals surface area contributed by atoms with Gasteiger partial charge < -0.3 is 9.47 Å². The summed E-state index contributed by atoms with van der Waals surface area (Å²) in [5.41, 5.74) is 0.647. The molecule has 0 N–H and O–H groups in total. The number of rotatable bonds is 0. The Kier molecular flexibility index (Phi) is 1.20. The molecule has 0 amide bonds. The molecule has 2 heterocycles. The van der Waals surface area contributed by atoms with Crippen LogP contribution < -0.4 is 0 Å². The standard InChI is InChI=1S/C12H10O4/c1-5-4-12(16-10(5)13)6-2-7-8(3-6)11(14)15-9(7)12/h3,6-7,9H,1-2,4H2. The van der Waals surface area contributed by atoms with Crippen molar-refractivity contribution in [1.82, 2.24) is 0 Å². The molecule has 0 radical (unpaired) electrons. The molecular formula is C12H10O4. The van der Waals surface area contributed by atoms with Gasteiger partial charge in [-0.15, -0.1) is 0 Å². The summed E-state index contributed by atoms with van der Waals surface area (Å²) in [6.07, 6.45) is 3.02. The molecule has 4 heteroatoms. The second kappa shape index (κ2) is 2.24. The third-order valence-electron chi connectivity index (χ3n) is 4.29. The van der Waals surface area contributed by atoms with E-state index in [-0.39, 0.29) is 29.9 Å². The number of fused-ring (bicyclic) bond motifs is 3. The number of carbonyl (C=O) groups is 2. The van der Waals surface area contributed by atoms with E-state index in [0.717, 1.165) is 12.0 Å². The number of ether oxygens (including phenoxy) is 2. The molecule has 1 saturated carbocycles. The van der Waals surface area contributed by atoms with Crippen LogP contribution in [0.15, 0.2) is 23.8 Å². The molecule has 0 aromatic rings. The lowest BCUT2D eigenvalue weighted by molar-refractivity contribution is -0.167. The van der Waals surface area contributed by atoms with Crippen LogP contribution in [0.4, 0.5) is 0 Å². The molecule has 0 aromatic carbocycles. The predicted octanol–water partition coefficient (Wildman–Crippen LogP) is 0.730. The molecule has 0 aromatic heterocycles. The van der Waals surface area contributed by atoms with Crippen molar-refractivity contribution in [2.75, 3.05) is 0 Å². The highest BCUT2D eigenvalue weighted by Gasteiger charge is 2.69. The van der Waals surface area contributed by atoms with Gasteiger partial charge in [0.2, 0.25) is 0 Å². The van der Waals surface area contributed by atoms with Gasteiger partial charge in [-0.2, -0.15) is 0 Å². The van der Waals surface area contributed by atoms with Crippen LogP contribution in [-0.2, 0) is 19.1 Å². The zero-order chi connectivity index (χ0) is 11.1. The minimum Gasteiger partial charge on any atom is -0.454 e. The summed E-state index contributed by atoms with van der Waals surface area (Å²) >= 11 is 0. The number of esters is 2. The fourth-order valence-corrected chi connectivity index (χ4v) is 3.62. The van der Waals surface area contributed by atoms with Crippen LogP contribution in [0.25, 0.3) is 0 Å². The monoisotopic (exact) mass is 218 g/mol. The Bertz CT molecular complexity index is 471. The van der Waals surface area contributed by atoms with Crippen molar-refractivity contribution >= 4 is 11.9 Å². The maximum absolute atomic E-state index is 11.5. The van der Waals surface area contributed by atoms with Gasteiger partial charge in [0.05, 0.1) is 0 Å². The van der Waals surface area contributed by atoms with Crippen molar-refractivity contribution in [3.8, 4) is 0 Å². The van der Waals surface area contributed by atoms with Gasteiger partial charge in [-0.1, -0.05) is 12.7 Å². The second-order valence-corrected chi connectivity index (χ2v) is 5.02. The van der Waals surface area contributed by atoms with Crippen molar-refractivity contribution in [3.05, 3.63) is 23.8 Å². The van der Waals surface area contributed by atoms with Gasteiger partial charge >= 0.3 is 11.9 Å². The molecule has 3 fully saturated rings. The molecule has 82 valence electrons.